The predicted octanol–water partition coefficient (Wildman–Crippen LogP) is -1.74. The molecule has 48 heavy (non-hydrogen) atoms. The van der Waals surface area contributed by atoms with Crippen molar-refractivity contribution in [2.45, 2.75) is 26.3 Å². The number of carboxylic acid groups (broad SMARTS) is 4. The lowest BCUT2D eigenvalue weighted by Crippen LogP contribution is -3.28. The van der Waals surface area contributed by atoms with Crippen molar-refractivity contribution >= 4 is 46.4 Å². The van der Waals surface area contributed by atoms with Gasteiger partial charge in [0.2, 0.25) is 0 Å². The Hall–Kier alpha value is -5.66. The molecule has 0 aliphatic carbocycles. The van der Waals surface area contributed by atoms with Crippen molar-refractivity contribution in [2.24, 2.45) is 0 Å². The number of rotatable bonds is 7. The van der Waals surface area contributed by atoms with Gasteiger partial charge in [-0.25, -0.2) is 9.59 Å². The van der Waals surface area contributed by atoms with Crippen molar-refractivity contribution in [2.75, 3.05) is 38.0 Å². The minimum atomic E-state index is -2.07. The molecule has 4 aromatic rings. The van der Waals surface area contributed by atoms with Crippen molar-refractivity contribution in [3.05, 3.63) is 107 Å². The summed E-state index contributed by atoms with van der Waals surface area (Å²) in [6, 6.07) is 30.0. The topological polar surface area (TPSA) is 206 Å². The number of aryl methyl sites for hydroxylation is 1. The molecule has 0 unspecified atom stereocenters. The van der Waals surface area contributed by atoms with Gasteiger partial charge in [0.05, 0.1) is 11.2 Å². The summed E-state index contributed by atoms with van der Waals surface area (Å²) in [5.74, 6) is -7.94. The number of amides is 1. The molecule has 5 rings (SSSR count). The highest BCUT2D eigenvalue weighted by Crippen LogP contribution is 2.28. The maximum Gasteiger partial charge on any atom is 0.351 e. The third kappa shape index (κ3) is 10.4. The Morgan fingerprint density at radius 3 is 1.69 bits per heavy atom. The van der Waals surface area contributed by atoms with Gasteiger partial charge in [-0.3, -0.25) is 9.78 Å². The Kier molecular flexibility index (Phi) is 13.7. The fourth-order valence-electron chi connectivity index (χ4n) is 5.62. The van der Waals surface area contributed by atoms with Gasteiger partial charge in [0.1, 0.15) is 32.2 Å². The number of pyridine rings is 1. The first-order valence-electron chi connectivity index (χ1n) is 15.3. The molecule has 1 amide bonds. The Balaban J connectivity index is 0.000000446. The summed E-state index contributed by atoms with van der Waals surface area (Å²) in [6.45, 7) is 8.70. The lowest BCUT2D eigenvalue weighted by atomic mass is 9.96. The highest BCUT2D eigenvalue weighted by Gasteiger charge is 2.32. The number of hydrogen-bond donors (Lipinski definition) is 5. The summed E-state index contributed by atoms with van der Waals surface area (Å²) < 4.78 is 0. The van der Waals surface area contributed by atoms with E-state index in [0.717, 1.165) is 60.4 Å². The molecule has 0 atom stereocenters. The zero-order valence-corrected chi connectivity index (χ0v) is 26.6. The minimum absolute atomic E-state index is 0.0811. The molecule has 13 heteroatoms. The number of fused-ring (bicyclic) bond motifs is 1. The molecule has 0 radical (unpaired) electrons. The largest absolute Gasteiger partial charge is 0.539 e. The van der Waals surface area contributed by atoms with Crippen LogP contribution in [0, 0.1) is 6.92 Å². The van der Waals surface area contributed by atoms with E-state index < -0.39 is 23.9 Å². The molecule has 1 fully saturated rings. The lowest BCUT2D eigenvalue weighted by Gasteiger charge is -2.35. The fraction of sp³-hybridized carbons (Fsp3) is 0.257. The van der Waals surface area contributed by atoms with Crippen LogP contribution in [0.1, 0.15) is 35.3 Å². The van der Waals surface area contributed by atoms with Gasteiger partial charge < -0.3 is 45.1 Å². The van der Waals surface area contributed by atoms with Gasteiger partial charge in [0, 0.05) is 22.2 Å². The maximum absolute atomic E-state index is 13.2. The van der Waals surface area contributed by atoms with Gasteiger partial charge in [-0.15, -0.1) is 0 Å². The molecule has 2 heterocycles. The van der Waals surface area contributed by atoms with Crippen LogP contribution in [0.2, 0.25) is 0 Å². The number of aliphatic carboxylic acids is 4. The van der Waals surface area contributed by atoms with Crippen molar-refractivity contribution < 1.29 is 54.2 Å². The first-order valence-corrected chi connectivity index (χ1v) is 15.3. The molecule has 0 bridgehead atoms. The Morgan fingerprint density at radius 1 is 0.771 bits per heavy atom. The normalized spacial score (nSPS) is 15.2. The van der Waals surface area contributed by atoms with Gasteiger partial charge in [-0.05, 0) is 25.0 Å². The number of nitrogens with one attached hydrogen (secondary N) is 3. The average Bonchev–Trinajstić information content (AvgIpc) is 3.08. The van der Waals surface area contributed by atoms with E-state index in [1.165, 1.54) is 16.0 Å². The standard InChI is InChI=1S/C31H34N4O.2C2H2O4/c1-3-27-23(2)30(26-16-10-11-17-28(26)32-27)33-29(36)22-34-18-20-35(21-19-34)31(24-12-6-4-7-13-24)25-14-8-5-9-15-25;2*3-1(4)2(5)6/h4-17,31H,3,18-22H2,1-2H3,(H,32,33,36);2*(H,3,4)(H,5,6). The summed E-state index contributed by atoms with van der Waals surface area (Å²) in [5, 5.41) is 36.9. The summed E-state index contributed by atoms with van der Waals surface area (Å²) in [4.78, 5) is 56.9. The number of carbonyl (C=O) groups is 5. The second kappa shape index (κ2) is 17.9. The van der Waals surface area contributed by atoms with E-state index in [1.54, 1.807) is 4.90 Å². The second-order valence-electron chi connectivity index (χ2n) is 11.0. The van der Waals surface area contributed by atoms with Gasteiger partial charge >= 0.3 is 11.9 Å². The van der Waals surface area contributed by atoms with Gasteiger partial charge in [-0.1, -0.05) is 85.8 Å². The van der Waals surface area contributed by atoms with E-state index in [-0.39, 0.29) is 5.91 Å². The zero-order chi connectivity index (χ0) is 35.2. The Bertz CT molecular complexity index is 1640. The quantitative estimate of drug-likeness (QED) is 0.142. The van der Waals surface area contributed by atoms with E-state index in [9.17, 15) is 4.79 Å². The zero-order valence-electron chi connectivity index (χ0n) is 26.6. The van der Waals surface area contributed by atoms with Crippen LogP contribution in [0.15, 0.2) is 84.9 Å². The molecule has 5 N–H and O–H groups in total. The molecule has 3 aromatic carbocycles. The van der Waals surface area contributed by atoms with E-state index in [0.29, 0.717) is 12.6 Å². The number of piperazine rings is 1. The monoisotopic (exact) mass is 658 g/mol. The van der Waals surface area contributed by atoms with Gasteiger partial charge in [-0.2, -0.15) is 0 Å². The third-order valence-corrected chi connectivity index (χ3v) is 7.87. The summed E-state index contributed by atoms with van der Waals surface area (Å²) in [5.41, 5.74) is 6.68. The Morgan fingerprint density at radius 2 is 1.23 bits per heavy atom. The molecule has 1 aliphatic heterocycles. The second-order valence-corrected chi connectivity index (χ2v) is 11.0. The number of anilines is 1. The molecule has 0 saturated carbocycles. The summed E-state index contributed by atoms with van der Waals surface area (Å²) in [6.07, 6.45) is 0.847. The third-order valence-electron chi connectivity index (χ3n) is 7.87. The van der Waals surface area contributed by atoms with Crippen molar-refractivity contribution in [3.8, 4) is 0 Å². The van der Waals surface area contributed by atoms with E-state index in [4.69, 9.17) is 44.6 Å². The molecule has 1 aromatic heterocycles. The number of hydrogen-bond acceptors (Lipinski definition) is 8. The summed E-state index contributed by atoms with van der Waals surface area (Å²) >= 11 is 0. The fourth-order valence-corrected chi connectivity index (χ4v) is 5.62. The number of carboxylic acids is 4. The van der Waals surface area contributed by atoms with Crippen LogP contribution in [0.3, 0.4) is 0 Å². The maximum atomic E-state index is 13.2. The van der Waals surface area contributed by atoms with Crippen molar-refractivity contribution in [1.82, 2.24) is 4.98 Å². The van der Waals surface area contributed by atoms with Gasteiger partial charge in [0.15, 0.2) is 18.5 Å². The number of quaternary nitrogens is 2. The molecule has 252 valence electrons. The molecular weight excluding hydrogens is 620 g/mol. The van der Waals surface area contributed by atoms with Crippen LogP contribution in [0.5, 0.6) is 0 Å². The molecule has 0 spiro atoms. The number of para-hydroxylation sites is 1. The smallest absolute Gasteiger partial charge is 0.351 e. The van der Waals surface area contributed by atoms with Gasteiger partial charge in [0.25, 0.3) is 5.91 Å². The SMILES string of the molecule is CCc1nc2ccccc2c(NC(=O)C[NH+]2CC[NH+](C(c3ccccc3)c3ccccc3)CC2)c1C.O=C([O-])C(=O)O.O=C([O-])C(=O)O. The predicted molar refractivity (Wildman–Crippen MR) is 171 cm³/mol. The average molecular weight is 659 g/mol. The first-order chi connectivity index (χ1) is 22.9. The van der Waals surface area contributed by atoms with Crippen molar-refractivity contribution in [3.63, 3.8) is 0 Å². The molecule has 13 nitrogen and oxygen atoms in total. The first kappa shape index (κ1) is 36.8. The molecule has 1 saturated heterocycles. The van der Waals surface area contributed by atoms with Crippen LogP contribution in [0.4, 0.5) is 5.69 Å². The van der Waals surface area contributed by atoms with Crippen LogP contribution >= 0.6 is 0 Å². The van der Waals surface area contributed by atoms with E-state index >= 15 is 0 Å². The number of benzene rings is 3. The van der Waals surface area contributed by atoms with Crippen LogP contribution < -0.4 is 25.3 Å². The van der Waals surface area contributed by atoms with Crippen LogP contribution in [-0.2, 0) is 30.4 Å². The minimum Gasteiger partial charge on any atom is -0.539 e. The van der Waals surface area contributed by atoms with Crippen LogP contribution in [-0.4, -0.2) is 77.7 Å². The molecular formula is C35H38N4O9. The highest BCUT2D eigenvalue weighted by atomic mass is 16.4. The van der Waals surface area contributed by atoms with E-state index in [2.05, 4.69) is 79.8 Å². The summed E-state index contributed by atoms with van der Waals surface area (Å²) in [7, 11) is 0. The number of carbonyl (C=O) groups excluding carboxylic acids is 3. The number of aromatic nitrogens is 1. The molecule has 1 aliphatic rings. The Labute approximate surface area is 277 Å². The van der Waals surface area contributed by atoms with Crippen molar-refractivity contribution in [1.29, 1.82) is 0 Å². The highest BCUT2D eigenvalue weighted by molar-refractivity contribution is 6.26. The number of nitrogens with zero attached hydrogens (tertiary/aromatic N) is 1. The lowest BCUT2D eigenvalue weighted by molar-refractivity contribution is -1.02. The van der Waals surface area contributed by atoms with Crippen LogP contribution in [0.25, 0.3) is 10.9 Å². The van der Waals surface area contributed by atoms with E-state index in [1.807, 2.05) is 24.3 Å².